The van der Waals surface area contributed by atoms with Gasteiger partial charge in [-0.2, -0.15) is 0 Å². The van der Waals surface area contributed by atoms with Gasteiger partial charge in [0.25, 0.3) is 0 Å². The quantitative estimate of drug-likeness (QED) is 0.536. The minimum atomic E-state index is -0.182. The molecule has 0 fully saturated rings. The summed E-state index contributed by atoms with van der Waals surface area (Å²) in [6.45, 7) is 0. The molecule has 3 nitrogen and oxygen atoms in total. The zero-order valence-corrected chi connectivity index (χ0v) is 6.93. The Hall–Kier alpha value is -1.29. The van der Waals surface area contributed by atoms with Crippen LogP contribution in [0.1, 0.15) is 5.56 Å². The van der Waals surface area contributed by atoms with Gasteiger partial charge in [-0.25, -0.2) is 0 Å². The molecule has 1 aliphatic rings. The van der Waals surface area contributed by atoms with Crippen LogP contribution in [0.25, 0.3) is 5.76 Å². The smallest absolute Gasteiger partial charge is 0.238 e. The van der Waals surface area contributed by atoms with Crippen molar-refractivity contribution in [2.75, 3.05) is 0 Å². The molecule has 1 aliphatic heterocycles. The van der Waals surface area contributed by atoms with Gasteiger partial charge in [-0.15, -0.1) is 0 Å². The van der Waals surface area contributed by atoms with Crippen LogP contribution < -0.4 is 4.72 Å². The third kappa shape index (κ3) is 1.00. The Labute approximate surface area is 73.9 Å². The van der Waals surface area contributed by atoms with Crippen LogP contribution in [-0.4, -0.2) is 10.2 Å². The number of hydrogen-bond donors (Lipinski definition) is 3. The van der Waals surface area contributed by atoms with Gasteiger partial charge in [0.1, 0.15) is 0 Å². The van der Waals surface area contributed by atoms with Gasteiger partial charge in [-0.05, 0) is 24.1 Å². The Morgan fingerprint density at radius 3 is 2.75 bits per heavy atom. The first kappa shape index (κ1) is 7.36. The van der Waals surface area contributed by atoms with Crippen molar-refractivity contribution in [2.24, 2.45) is 0 Å². The van der Waals surface area contributed by atoms with Crippen molar-refractivity contribution >= 4 is 17.7 Å². The molecular weight excluding hydrogens is 174 g/mol. The van der Waals surface area contributed by atoms with E-state index >= 15 is 0 Å². The molecule has 2 rings (SSSR count). The molecular formula is C8H7NO2S. The summed E-state index contributed by atoms with van der Waals surface area (Å²) in [4.78, 5) is 0.910. The number of rotatable bonds is 0. The summed E-state index contributed by atoms with van der Waals surface area (Å²) in [5, 5.41) is 18.5. The summed E-state index contributed by atoms with van der Waals surface area (Å²) in [6.07, 6.45) is 0. The van der Waals surface area contributed by atoms with Crippen LogP contribution in [0.3, 0.4) is 0 Å². The Morgan fingerprint density at radius 2 is 1.92 bits per heavy atom. The van der Waals surface area contributed by atoms with E-state index in [0.29, 0.717) is 5.56 Å². The van der Waals surface area contributed by atoms with Gasteiger partial charge in [0.15, 0.2) is 5.76 Å². The lowest BCUT2D eigenvalue weighted by molar-refractivity contribution is 0.363. The zero-order chi connectivity index (χ0) is 8.55. The summed E-state index contributed by atoms with van der Waals surface area (Å²) in [6, 6.07) is 7.32. The van der Waals surface area contributed by atoms with Crippen molar-refractivity contribution in [2.45, 2.75) is 4.90 Å². The van der Waals surface area contributed by atoms with E-state index in [2.05, 4.69) is 4.72 Å². The van der Waals surface area contributed by atoms with Crippen LogP contribution >= 0.6 is 11.9 Å². The highest BCUT2D eigenvalue weighted by Crippen LogP contribution is 2.30. The van der Waals surface area contributed by atoms with E-state index < -0.39 is 0 Å². The van der Waals surface area contributed by atoms with Crippen LogP contribution in [-0.2, 0) is 0 Å². The topological polar surface area (TPSA) is 52.5 Å². The lowest BCUT2D eigenvalue weighted by Gasteiger charge is -2.15. The van der Waals surface area contributed by atoms with Crippen molar-refractivity contribution in [3.8, 4) is 0 Å². The zero-order valence-electron chi connectivity index (χ0n) is 6.11. The fourth-order valence-electron chi connectivity index (χ4n) is 1.03. The van der Waals surface area contributed by atoms with Crippen LogP contribution in [0.4, 0.5) is 0 Å². The third-order valence-corrected chi connectivity index (χ3v) is 2.50. The monoisotopic (exact) mass is 181 g/mol. The Balaban J connectivity index is 2.59. The van der Waals surface area contributed by atoms with Gasteiger partial charge >= 0.3 is 0 Å². The van der Waals surface area contributed by atoms with Gasteiger partial charge in [-0.3, -0.25) is 4.72 Å². The summed E-state index contributed by atoms with van der Waals surface area (Å²) in [5.41, 5.74) is 0.666. The number of nitrogens with one attached hydrogen (secondary N) is 1. The van der Waals surface area contributed by atoms with E-state index in [9.17, 15) is 5.11 Å². The summed E-state index contributed by atoms with van der Waals surface area (Å²) < 4.78 is 2.59. The van der Waals surface area contributed by atoms with E-state index in [1.54, 1.807) is 6.07 Å². The second kappa shape index (κ2) is 2.64. The van der Waals surface area contributed by atoms with Gasteiger partial charge in [-0.1, -0.05) is 12.1 Å². The molecule has 0 atom stereocenters. The molecule has 1 heterocycles. The Bertz CT molecular complexity index is 349. The second-order valence-corrected chi connectivity index (χ2v) is 3.25. The molecule has 0 unspecified atom stereocenters. The molecule has 0 saturated carbocycles. The molecule has 0 radical (unpaired) electrons. The normalized spacial score (nSPS) is 15.3. The number of fused-ring (bicyclic) bond motifs is 1. The highest BCUT2D eigenvalue weighted by molar-refractivity contribution is 7.97. The van der Waals surface area contributed by atoms with E-state index in [1.165, 1.54) is 11.9 Å². The van der Waals surface area contributed by atoms with Crippen molar-refractivity contribution in [3.05, 3.63) is 35.7 Å². The molecule has 1 aromatic carbocycles. The molecule has 62 valence electrons. The predicted octanol–water partition coefficient (Wildman–Crippen LogP) is 2.04. The maximum atomic E-state index is 9.38. The molecule has 0 aliphatic carbocycles. The summed E-state index contributed by atoms with van der Waals surface area (Å²) in [7, 11) is 0. The van der Waals surface area contributed by atoms with E-state index in [-0.39, 0.29) is 11.6 Å². The van der Waals surface area contributed by atoms with Crippen molar-refractivity contribution in [1.29, 1.82) is 0 Å². The minimum absolute atomic E-state index is 0.0932. The molecule has 12 heavy (non-hydrogen) atoms. The maximum Gasteiger partial charge on any atom is 0.238 e. The highest BCUT2D eigenvalue weighted by atomic mass is 32.2. The number of hydrogen-bond acceptors (Lipinski definition) is 4. The van der Waals surface area contributed by atoms with Crippen molar-refractivity contribution < 1.29 is 10.2 Å². The highest BCUT2D eigenvalue weighted by Gasteiger charge is 2.16. The summed E-state index contributed by atoms with van der Waals surface area (Å²) >= 11 is 1.28. The summed E-state index contributed by atoms with van der Waals surface area (Å²) in [5.74, 6) is -0.275. The van der Waals surface area contributed by atoms with Gasteiger partial charge in [0.05, 0.1) is 0 Å². The van der Waals surface area contributed by atoms with Crippen LogP contribution in [0.15, 0.2) is 35.0 Å². The fraction of sp³-hybridized carbons (Fsp3) is 0. The SMILES string of the molecule is OC1=C(O)c2ccccc2SN1. The van der Waals surface area contributed by atoms with Crippen molar-refractivity contribution in [3.63, 3.8) is 0 Å². The average molecular weight is 181 g/mol. The predicted molar refractivity (Wildman–Crippen MR) is 47.6 cm³/mol. The standard InChI is InChI=1S/C8H7NO2S/c10-7-5-3-1-2-4-6(5)12-9-8(7)11/h1-4,9-11H. The molecule has 3 N–H and O–H groups in total. The number of aliphatic hydroxyl groups excluding tert-OH is 2. The molecule has 0 spiro atoms. The molecule has 0 amide bonds. The van der Waals surface area contributed by atoms with E-state index in [0.717, 1.165) is 4.90 Å². The average Bonchev–Trinajstić information content (AvgIpc) is 2.12. The van der Waals surface area contributed by atoms with Crippen LogP contribution in [0, 0.1) is 0 Å². The largest absolute Gasteiger partial charge is 0.503 e. The molecule has 0 saturated heterocycles. The van der Waals surface area contributed by atoms with Gasteiger partial charge in [0.2, 0.25) is 5.88 Å². The molecule has 4 heteroatoms. The first-order chi connectivity index (χ1) is 5.79. The van der Waals surface area contributed by atoms with E-state index in [4.69, 9.17) is 5.11 Å². The van der Waals surface area contributed by atoms with Gasteiger partial charge < -0.3 is 10.2 Å². The van der Waals surface area contributed by atoms with Crippen LogP contribution in [0.2, 0.25) is 0 Å². The lowest BCUT2D eigenvalue weighted by atomic mass is 10.2. The maximum absolute atomic E-state index is 9.38. The molecule has 1 aromatic rings. The Kier molecular flexibility index (Phi) is 1.62. The van der Waals surface area contributed by atoms with Crippen LogP contribution in [0.5, 0.6) is 0 Å². The number of benzene rings is 1. The molecule has 0 bridgehead atoms. The second-order valence-electron chi connectivity index (χ2n) is 2.40. The Morgan fingerprint density at radius 1 is 1.17 bits per heavy atom. The van der Waals surface area contributed by atoms with E-state index in [1.807, 2.05) is 18.2 Å². The lowest BCUT2D eigenvalue weighted by Crippen LogP contribution is -2.11. The fourth-order valence-corrected chi connectivity index (χ4v) is 1.76. The first-order valence-electron chi connectivity index (χ1n) is 3.43. The third-order valence-electron chi connectivity index (χ3n) is 1.62. The van der Waals surface area contributed by atoms with Gasteiger partial charge in [0, 0.05) is 10.5 Å². The minimum Gasteiger partial charge on any atom is -0.503 e. The first-order valence-corrected chi connectivity index (χ1v) is 4.25. The van der Waals surface area contributed by atoms with Crippen molar-refractivity contribution in [1.82, 2.24) is 4.72 Å². The molecule has 0 aromatic heterocycles. The number of aliphatic hydroxyl groups is 2.